The van der Waals surface area contributed by atoms with Gasteiger partial charge in [-0.2, -0.15) is 0 Å². The third-order valence-corrected chi connectivity index (χ3v) is 5.47. The van der Waals surface area contributed by atoms with Crippen molar-refractivity contribution < 1.29 is 0 Å². The first kappa shape index (κ1) is 21.2. The molecule has 0 fully saturated rings. The van der Waals surface area contributed by atoms with E-state index in [9.17, 15) is 0 Å². The SMILES string of the molecule is N=C(N)NCC/N=c1\cc2n(-c3ccccc3)c3ccccc3nc-2cc1Nc1ccccc1. The van der Waals surface area contributed by atoms with Gasteiger partial charge < -0.3 is 20.9 Å². The van der Waals surface area contributed by atoms with Crippen LogP contribution in [0.15, 0.2) is 102 Å². The highest BCUT2D eigenvalue weighted by Gasteiger charge is 2.16. The molecule has 1 aliphatic carbocycles. The van der Waals surface area contributed by atoms with E-state index in [0.29, 0.717) is 13.1 Å². The fraction of sp³-hybridized carbons (Fsp3) is 0.0741. The van der Waals surface area contributed by atoms with E-state index in [1.165, 1.54) is 0 Å². The van der Waals surface area contributed by atoms with Gasteiger partial charge in [-0.3, -0.25) is 10.4 Å². The summed E-state index contributed by atoms with van der Waals surface area (Å²) in [6.07, 6.45) is 0. The minimum Gasteiger partial charge on any atom is -0.370 e. The highest BCUT2D eigenvalue weighted by Crippen LogP contribution is 2.30. The van der Waals surface area contributed by atoms with Crippen molar-refractivity contribution in [2.75, 3.05) is 18.4 Å². The first-order valence-corrected chi connectivity index (χ1v) is 11.1. The molecule has 7 heteroatoms. The van der Waals surface area contributed by atoms with Crippen molar-refractivity contribution >= 4 is 28.4 Å². The Morgan fingerprint density at radius 2 is 1.62 bits per heavy atom. The highest BCUT2D eigenvalue weighted by atomic mass is 15.1. The van der Waals surface area contributed by atoms with Crippen LogP contribution in [0, 0.1) is 5.41 Å². The largest absolute Gasteiger partial charge is 0.370 e. The lowest BCUT2D eigenvalue weighted by Gasteiger charge is -2.20. The Labute approximate surface area is 197 Å². The van der Waals surface area contributed by atoms with Gasteiger partial charge in [0.25, 0.3) is 0 Å². The minimum atomic E-state index is -0.0612. The van der Waals surface area contributed by atoms with Crippen LogP contribution in [0.4, 0.5) is 11.4 Å². The van der Waals surface area contributed by atoms with E-state index in [1.54, 1.807) is 0 Å². The van der Waals surface area contributed by atoms with Gasteiger partial charge in [-0.25, -0.2) is 4.98 Å². The maximum atomic E-state index is 7.38. The molecule has 0 saturated carbocycles. The van der Waals surface area contributed by atoms with E-state index in [4.69, 9.17) is 21.1 Å². The zero-order chi connectivity index (χ0) is 23.3. The molecule has 0 aromatic heterocycles. The van der Waals surface area contributed by atoms with Gasteiger partial charge in [-0.05, 0) is 48.5 Å². The van der Waals surface area contributed by atoms with Crippen LogP contribution in [0.3, 0.4) is 0 Å². The van der Waals surface area contributed by atoms with Crippen molar-refractivity contribution in [2.45, 2.75) is 0 Å². The number of fused-ring (bicyclic) bond motifs is 2. The lowest BCUT2D eigenvalue weighted by atomic mass is 10.1. The predicted molar refractivity (Wildman–Crippen MR) is 138 cm³/mol. The quantitative estimate of drug-likeness (QED) is 0.135. The molecule has 0 amide bonds. The number of hydrogen-bond donors (Lipinski definition) is 4. The van der Waals surface area contributed by atoms with Crippen LogP contribution in [0.2, 0.25) is 0 Å². The smallest absolute Gasteiger partial charge is 0.185 e. The Kier molecular flexibility index (Phi) is 5.90. The summed E-state index contributed by atoms with van der Waals surface area (Å²) in [5.41, 5.74) is 12.1. The van der Waals surface area contributed by atoms with Gasteiger partial charge >= 0.3 is 0 Å². The molecule has 2 aliphatic rings. The standard InChI is InChI=1S/C27H25N7/c28-27(29)31-16-15-30-22-18-26-24(17-23(22)32-19-9-3-1-4-10-19)33-21-13-7-8-14-25(21)34(26)20-11-5-2-6-12-20/h1-14,17-18,32H,15-16H2,(H4,28,29,31)/b30-22+. The van der Waals surface area contributed by atoms with Gasteiger partial charge in [0.15, 0.2) is 5.96 Å². The molecule has 0 radical (unpaired) electrons. The number of guanidine groups is 1. The highest BCUT2D eigenvalue weighted by molar-refractivity contribution is 5.84. The first-order valence-electron chi connectivity index (χ1n) is 11.1. The lowest BCUT2D eigenvalue weighted by molar-refractivity contribution is 0.848. The van der Waals surface area contributed by atoms with Crippen LogP contribution in [-0.2, 0) is 0 Å². The van der Waals surface area contributed by atoms with Crippen LogP contribution in [0.25, 0.3) is 28.1 Å². The minimum absolute atomic E-state index is 0.0612. The summed E-state index contributed by atoms with van der Waals surface area (Å²) in [7, 11) is 0. The van der Waals surface area contributed by atoms with Crippen molar-refractivity contribution in [1.82, 2.24) is 14.9 Å². The van der Waals surface area contributed by atoms with Crippen molar-refractivity contribution in [3.05, 3.63) is 102 Å². The van der Waals surface area contributed by atoms with Gasteiger partial charge in [-0.1, -0.05) is 48.5 Å². The number of aromatic nitrogens is 2. The van der Waals surface area contributed by atoms with E-state index in [-0.39, 0.29) is 5.96 Å². The molecular weight excluding hydrogens is 422 g/mol. The molecular formula is C27H25N7. The number of hydrogen-bond acceptors (Lipinski definition) is 4. The normalized spacial score (nSPS) is 11.6. The Hall–Kier alpha value is -4.65. The fourth-order valence-electron chi connectivity index (χ4n) is 3.97. The van der Waals surface area contributed by atoms with Crippen LogP contribution in [-0.4, -0.2) is 28.6 Å². The van der Waals surface area contributed by atoms with Crippen LogP contribution in [0.5, 0.6) is 0 Å². The zero-order valence-electron chi connectivity index (χ0n) is 18.6. The maximum Gasteiger partial charge on any atom is 0.185 e. The summed E-state index contributed by atoms with van der Waals surface area (Å²) in [5.74, 6) is -0.0612. The molecule has 1 aliphatic heterocycles. The van der Waals surface area contributed by atoms with E-state index < -0.39 is 0 Å². The molecule has 34 heavy (non-hydrogen) atoms. The fourth-order valence-corrected chi connectivity index (χ4v) is 3.97. The average molecular weight is 448 g/mol. The molecule has 5 rings (SSSR count). The molecule has 0 spiro atoms. The Morgan fingerprint density at radius 1 is 0.912 bits per heavy atom. The number of nitrogens with two attached hydrogens (primary N) is 1. The van der Waals surface area contributed by atoms with Crippen molar-refractivity contribution in [1.29, 1.82) is 5.41 Å². The Balaban J connectivity index is 1.73. The molecule has 5 N–H and O–H groups in total. The van der Waals surface area contributed by atoms with Crippen molar-refractivity contribution in [3.8, 4) is 17.1 Å². The Morgan fingerprint density at radius 3 is 2.38 bits per heavy atom. The Bertz CT molecular complexity index is 1470. The summed E-state index contributed by atoms with van der Waals surface area (Å²) >= 11 is 0. The van der Waals surface area contributed by atoms with E-state index >= 15 is 0 Å². The average Bonchev–Trinajstić information content (AvgIpc) is 2.86. The molecule has 3 aromatic rings. The van der Waals surface area contributed by atoms with Crippen LogP contribution in [0.1, 0.15) is 0 Å². The lowest BCUT2D eigenvalue weighted by Crippen LogP contribution is -2.32. The molecule has 3 aromatic carbocycles. The van der Waals surface area contributed by atoms with Gasteiger partial charge in [0.05, 0.1) is 40.0 Å². The third kappa shape index (κ3) is 4.45. The molecule has 0 saturated heterocycles. The summed E-state index contributed by atoms with van der Waals surface area (Å²) in [4.78, 5) is 9.79. The number of nitrogens with one attached hydrogen (secondary N) is 3. The molecule has 7 nitrogen and oxygen atoms in total. The van der Waals surface area contributed by atoms with E-state index in [2.05, 4.69) is 39.5 Å². The maximum absolute atomic E-state index is 7.38. The molecule has 1 heterocycles. The molecule has 0 bridgehead atoms. The van der Waals surface area contributed by atoms with Crippen molar-refractivity contribution in [3.63, 3.8) is 0 Å². The predicted octanol–water partition coefficient (Wildman–Crippen LogP) is 4.26. The van der Waals surface area contributed by atoms with Gasteiger partial charge in [0, 0.05) is 17.9 Å². The summed E-state index contributed by atoms with van der Waals surface area (Å²) in [6, 6.07) is 32.5. The van der Waals surface area contributed by atoms with Gasteiger partial charge in [-0.15, -0.1) is 0 Å². The number of rotatable bonds is 6. The second kappa shape index (κ2) is 9.46. The molecule has 0 unspecified atom stereocenters. The van der Waals surface area contributed by atoms with E-state index in [0.717, 1.165) is 44.8 Å². The van der Waals surface area contributed by atoms with Crippen LogP contribution < -0.4 is 21.7 Å². The second-order valence-corrected chi connectivity index (χ2v) is 7.84. The molecule has 168 valence electrons. The number of nitrogens with zero attached hydrogens (tertiary/aromatic N) is 3. The second-order valence-electron chi connectivity index (χ2n) is 7.84. The molecule has 0 atom stereocenters. The number of anilines is 2. The first-order chi connectivity index (χ1) is 16.7. The monoisotopic (exact) mass is 447 g/mol. The van der Waals surface area contributed by atoms with Gasteiger partial charge in [0.1, 0.15) is 0 Å². The zero-order valence-corrected chi connectivity index (χ0v) is 18.6. The van der Waals surface area contributed by atoms with Crippen molar-refractivity contribution in [2.24, 2.45) is 10.7 Å². The topological polar surface area (TPSA) is 104 Å². The third-order valence-electron chi connectivity index (χ3n) is 5.47. The number of para-hydroxylation sites is 4. The summed E-state index contributed by atoms with van der Waals surface area (Å²) in [6.45, 7) is 0.952. The van der Waals surface area contributed by atoms with Crippen LogP contribution >= 0.6 is 0 Å². The van der Waals surface area contributed by atoms with E-state index in [1.807, 2.05) is 72.8 Å². The van der Waals surface area contributed by atoms with Gasteiger partial charge in [0.2, 0.25) is 0 Å². The number of benzene rings is 4. The summed E-state index contributed by atoms with van der Waals surface area (Å²) in [5, 5.41) is 14.5. The summed E-state index contributed by atoms with van der Waals surface area (Å²) < 4.78 is 2.22.